The molecule has 1 aliphatic carbocycles. The van der Waals surface area contributed by atoms with Gasteiger partial charge >= 0.3 is 0 Å². The van der Waals surface area contributed by atoms with E-state index in [2.05, 4.69) is 64.4 Å². The molecular weight excluding hydrogens is 298 g/mol. The minimum atomic E-state index is 0.738. The van der Waals surface area contributed by atoms with Gasteiger partial charge in [-0.1, -0.05) is 36.8 Å². The Morgan fingerprint density at radius 3 is 2.71 bits per heavy atom. The van der Waals surface area contributed by atoms with Gasteiger partial charge in [-0.15, -0.1) is 0 Å². The normalized spacial score (nSPS) is 20.6. The van der Waals surface area contributed by atoms with Gasteiger partial charge in [0, 0.05) is 56.3 Å². The number of nitrogens with one attached hydrogen (secondary N) is 2. The van der Waals surface area contributed by atoms with Crippen molar-refractivity contribution in [1.29, 1.82) is 0 Å². The zero-order valence-corrected chi connectivity index (χ0v) is 14.9. The summed E-state index contributed by atoms with van der Waals surface area (Å²) in [5.41, 5.74) is 7.80. The summed E-state index contributed by atoms with van der Waals surface area (Å²) in [5, 5.41) is 7.30. The predicted molar refractivity (Wildman–Crippen MR) is 106 cm³/mol. The first-order chi connectivity index (χ1) is 11.7. The molecule has 1 aliphatic rings. The zero-order chi connectivity index (χ0) is 17.6. The lowest BCUT2D eigenvalue weighted by Crippen LogP contribution is -2.22. The summed E-state index contributed by atoms with van der Waals surface area (Å²) in [4.78, 5) is 8.04. The lowest BCUT2D eigenvalue weighted by atomic mass is 10.1. The summed E-state index contributed by atoms with van der Waals surface area (Å²) in [6.45, 7) is 9.86. The van der Waals surface area contributed by atoms with Gasteiger partial charge in [0.15, 0.2) is 0 Å². The van der Waals surface area contributed by atoms with Crippen LogP contribution < -0.4 is 10.7 Å². The molecule has 1 rings (SSSR count). The van der Waals surface area contributed by atoms with Gasteiger partial charge in [0.1, 0.15) is 0 Å². The molecule has 5 heteroatoms. The standard InChI is InChI=1S/C19H29N5/c1-5-16-11-12-17(8-6-9-18(14-16)24-22-4)23-15-19(21-3)10-7-13-20-2/h7-9,11,13,23-24H,2,4-6,10,12,14-15H2,1,3H3/b13-7-,16-11-,17-8?,18-9+,21-19?. The number of aliphatic imine (C=N–C) groups is 2. The van der Waals surface area contributed by atoms with E-state index in [4.69, 9.17) is 0 Å². The number of hydrazone groups is 1. The van der Waals surface area contributed by atoms with Crippen molar-refractivity contribution in [2.45, 2.75) is 39.0 Å². The average molecular weight is 327 g/mol. The van der Waals surface area contributed by atoms with Crippen LogP contribution in [0.25, 0.3) is 0 Å². The Morgan fingerprint density at radius 2 is 2.04 bits per heavy atom. The Kier molecular flexibility index (Phi) is 9.85. The van der Waals surface area contributed by atoms with Crippen molar-refractivity contribution in [3.63, 3.8) is 0 Å². The molecule has 0 heterocycles. The van der Waals surface area contributed by atoms with Crippen molar-refractivity contribution in [3.8, 4) is 0 Å². The number of nitrogens with zero attached hydrogens (tertiary/aromatic N) is 3. The van der Waals surface area contributed by atoms with Gasteiger partial charge in [-0.25, -0.2) is 0 Å². The fourth-order valence-corrected chi connectivity index (χ4v) is 2.39. The molecule has 0 unspecified atom stereocenters. The summed E-state index contributed by atoms with van der Waals surface area (Å²) < 4.78 is 0. The molecule has 0 aromatic carbocycles. The van der Waals surface area contributed by atoms with Crippen molar-refractivity contribution in [3.05, 3.63) is 47.5 Å². The summed E-state index contributed by atoms with van der Waals surface area (Å²) in [5.74, 6) is 0. The van der Waals surface area contributed by atoms with E-state index in [1.807, 2.05) is 13.1 Å². The van der Waals surface area contributed by atoms with Crippen LogP contribution in [0.3, 0.4) is 0 Å². The SMILES string of the molecule is C=N/C=C\CC(CNC1=CC/C=C(/NN=C)C/C(CC)=C\C1)=NC. The molecule has 0 aromatic heterocycles. The van der Waals surface area contributed by atoms with Gasteiger partial charge in [0.25, 0.3) is 0 Å². The lowest BCUT2D eigenvalue weighted by Gasteiger charge is -2.11. The molecule has 0 radical (unpaired) electrons. The maximum atomic E-state index is 4.33. The molecular formula is C19H29N5. The third kappa shape index (κ3) is 7.72. The lowest BCUT2D eigenvalue weighted by molar-refractivity contribution is 0.819. The summed E-state index contributed by atoms with van der Waals surface area (Å²) in [7, 11) is 1.82. The third-order valence-electron chi connectivity index (χ3n) is 3.83. The Bertz CT molecular complexity index is 564. The molecule has 2 N–H and O–H groups in total. The molecule has 0 fully saturated rings. The first kappa shape index (κ1) is 19.6. The summed E-state index contributed by atoms with van der Waals surface area (Å²) in [6, 6.07) is 0. The third-order valence-corrected chi connectivity index (χ3v) is 3.83. The summed E-state index contributed by atoms with van der Waals surface area (Å²) in [6.07, 6.45) is 14.8. The van der Waals surface area contributed by atoms with E-state index in [1.165, 1.54) is 11.3 Å². The smallest absolute Gasteiger partial charge is 0.0529 e. The van der Waals surface area contributed by atoms with Crippen LogP contribution in [0, 0.1) is 0 Å². The van der Waals surface area contributed by atoms with Crippen molar-refractivity contribution >= 4 is 19.1 Å². The highest BCUT2D eigenvalue weighted by Crippen LogP contribution is 2.18. The van der Waals surface area contributed by atoms with E-state index in [0.29, 0.717) is 0 Å². The topological polar surface area (TPSA) is 61.1 Å². The van der Waals surface area contributed by atoms with Crippen LogP contribution in [0.5, 0.6) is 0 Å². The largest absolute Gasteiger partial charge is 0.383 e. The van der Waals surface area contributed by atoms with E-state index >= 15 is 0 Å². The quantitative estimate of drug-likeness (QED) is 0.385. The van der Waals surface area contributed by atoms with Gasteiger partial charge in [0.2, 0.25) is 0 Å². The Hall–Kier alpha value is -2.43. The number of allylic oxidation sites excluding steroid dienone is 5. The van der Waals surface area contributed by atoms with E-state index in [1.54, 1.807) is 6.20 Å². The van der Waals surface area contributed by atoms with Gasteiger partial charge in [-0.05, 0) is 19.6 Å². The van der Waals surface area contributed by atoms with Gasteiger partial charge < -0.3 is 5.32 Å². The number of hydrogen-bond acceptors (Lipinski definition) is 5. The van der Waals surface area contributed by atoms with Crippen LogP contribution in [0.2, 0.25) is 0 Å². The highest BCUT2D eigenvalue weighted by atomic mass is 15.3. The number of rotatable bonds is 9. The molecule has 0 spiro atoms. The van der Waals surface area contributed by atoms with Crippen LogP contribution in [-0.2, 0) is 0 Å². The van der Waals surface area contributed by atoms with Gasteiger partial charge in [-0.3, -0.25) is 15.4 Å². The second kappa shape index (κ2) is 12.0. The maximum Gasteiger partial charge on any atom is 0.0529 e. The summed E-state index contributed by atoms with van der Waals surface area (Å²) >= 11 is 0. The van der Waals surface area contributed by atoms with Gasteiger partial charge in [0.05, 0.1) is 6.54 Å². The molecule has 0 saturated carbocycles. The molecule has 0 aromatic rings. The van der Waals surface area contributed by atoms with Crippen LogP contribution in [-0.4, -0.2) is 32.7 Å². The van der Waals surface area contributed by atoms with Crippen molar-refractivity contribution < 1.29 is 0 Å². The molecule has 0 amide bonds. The second-order valence-electron chi connectivity index (χ2n) is 5.48. The molecule has 0 saturated heterocycles. The Morgan fingerprint density at radius 1 is 1.25 bits per heavy atom. The highest BCUT2D eigenvalue weighted by Gasteiger charge is 2.05. The fourth-order valence-electron chi connectivity index (χ4n) is 2.39. The van der Waals surface area contributed by atoms with Crippen LogP contribution in [0.15, 0.2) is 62.6 Å². The van der Waals surface area contributed by atoms with E-state index in [9.17, 15) is 0 Å². The molecule has 5 nitrogen and oxygen atoms in total. The first-order valence-electron chi connectivity index (χ1n) is 8.30. The molecule has 0 bridgehead atoms. The monoisotopic (exact) mass is 327 g/mol. The minimum Gasteiger partial charge on any atom is -0.383 e. The predicted octanol–water partition coefficient (Wildman–Crippen LogP) is 3.74. The van der Waals surface area contributed by atoms with Crippen LogP contribution >= 0.6 is 0 Å². The number of hydrogen-bond donors (Lipinski definition) is 2. The minimum absolute atomic E-state index is 0.738. The van der Waals surface area contributed by atoms with Crippen LogP contribution in [0.1, 0.15) is 39.0 Å². The molecule has 130 valence electrons. The second-order valence-corrected chi connectivity index (χ2v) is 5.48. The highest BCUT2D eigenvalue weighted by molar-refractivity contribution is 5.87. The zero-order valence-electron chi connectivity index (χ0n) is 14.9. The molecule has 0 aliphatic heterocycles. The molecule has 0 atom stereocenters. The van der Waals surface area contributed by atoms with Crippen molar-refractivity contribution in [2.75, 3.05) is 13.6 Å². The van der Waals surface area contributed by atoms with E-state index in [-0.39, 0.29) is 0 Å². The fraction of sp³-hybridized carbons (Fsp3) is 0.421. The Labute approximate surface area is 145 Å². The maximum absolute atomic E-state index is 4.33. The average Bonchev–Trinajstić information content (AvgIpc) is 2.69. The van der Waals surface area contributed by atoms with Gasteiger partial charge in [-0.2, -0.15) is 5.10 Å². The Balaban J connectivity index is 2.72. The van der Waals surface area contributed by atoms with Crippen LogP contribution in [0.4, 0.5) is 0 Å². The van der Waals surface area contributed by atoms with Crippen molar-refractivity contribution in [2.24, 2.45) is 15.1 Å². The van der Waals surface area contributed by atoms with E-state index in [0.717, 1.165) is 50.1 Å². The van der Waals surface area contributed by atoms with Crippen molar-refractivity contribution in [1.82, 2.24) is 10.7 Å². The molecule has 24 heavy (non-hydrogen) atoms. The van der Waals surface area contributed by atoms with E-state index < -0.39 is 0 Å². The first-order valence-corrected chi connectivity index (χ1v) is 8.30.